The van der Waals surface area contributed by atoms with E-state index in [1.54, 1.807) is 12.1 Å². The molecule has 4 nitrogen and oxygen atoms in total. The van der Waals surface area contributed by atoms with Crippen molar-refractivity contribution in [3.05, 3.63) is 23.8 Å². The molecule has 0 aromatic heterocycles. The van der Waals surface area contributed by atoms with Crippen molar-refractivity contribution in [1.82, 2.24) is 0 Å². The molecule has 1 atom stereocenters. The molecule has 16 heavy (non-hydrogen) atoms. The Bertz CT molecular complexity index is 427. The maximum absolute atomic E-state index is 11.7. The molecule has 86 valence electrons. The summed E-state index contributed by atoms with van der Waals surface area (Å²) in [5.74, 6) is 0.327. The monoisotopic (exact) mass is 222 g/mol. The summed E-state index contributed by atoms with van der Waals surface area (Å²) >= 11 is 0. The molecule has 0 unspecified atom stereocenters. The number of carbonyl (C=O) groups is 1. The maximum atomic E-state index is 11.7. The van der Waals surface area contributed by atoms with Crippen LogP contribution in [0.15, 0.2) is 18.2 Å². The Hall–Kier alpha value is -1.71. The van der Waals surface area contributed by atoms with E-state index < -0.39 is 5.60 Å². The van der Waals surface area contributed by atoms with E-state index >= 15 is 0 Å². The third-order valence-corrected chi connectivity index (χ3v) is 2.96. The SMILES string of the molecule is CC[C@@]1(C(=O)OC)Cc2ccc(O)cc2O1. The quantitative estimate of drug-likeness (QED) is 0.773. The lowest BCUT2D eigenvalue weighted by Crippen LogP contribution is -2.43. The van der Waals surface area contributed by atoms with Gasteiger partial charge >= 0.3 is 5.97 Å². The van der Waals surface area contributed by atoms with Crippen LogP contribution >= 0.6 is 0 Å². The van der Waals surface area contributed by atoms with E-state index in [2.05, 4.69) is 0 Å². The molecular formula is C12H14O4. The molecule has 1 aliphatic rings. The van der Waals surface area contributed by atoms with Crippen LogP contribution in [-0.2, 0) is 16.0 Å². The zero-order chi connectivity index (χ0) is 11.8. The van der Waals surface area contributed by atoms with Gasteiger partial charge in [0.05, 0.1) is 7.11 Å². The van der Waals surface area contributed by atoms with Crippen LogP contribution in [-0.4, -0.2) is 23.8 Å². The van der Waals surface area contributed by atoms with Crippen molar-refractivity contribution in [1.29, 1.82) is 0 Å². The van der Waals surface area contributed by atoms with E-state index in [4.69, 9.17) is 9.47 Å². The van der Waals surface area contributed by atoms with Crippen molar-refractivity contribution in [3.63, 3.8) is 0 Å². The lowest BCUT2D eigenvalue weighted by atomic mass is 9.94. The van der Waals surface area contributed by atoms with Gasteiger partial charge in [0.15, 0.2) is 0 Å². The van der Waals surface area contributed by atoms with Gasteiger partial charge in [-0.1, -0.05) is 13.0 Å². The third kappa shape index (κ3) is 1.50. The lowest BCUT2D eigenvalue weighted by Gasteiger charge is -2.23. The van der Waals surface area contributed by atoms with Gasteiger partial charge < -0.3 is 14.6 Å². The zero-order valence-corrected chi connectivity index (χ0v) is 9.32. The minimum atomic E-state index is -0.926. The summed E-state index contributed by atoms with van der Waals surface area (Å²) in [7, 11) is 1.35. The van der Waals surface area contributed by atoms with Gasteiger partial charge in [0, 0.05) is 12.5 Å². The summed E-state index contributed by atoms with van der Waals surface area (Å²) in [6.07, 6.45) is 1.03. The predicted octanol–water partition coefficient (Wildman–Crippen LogP) is 1.65. The lowest BCUT2D eigenvalue weighted by molar-refractivity contribution is -0.157. The standard InChI is InChI=1S/C12H14O4/c1-3-12(11(14)15-2)7-8-4-5-9(13)6-10(8)16-12/h4-6,13H,3,7H2,1-2H3/t12-/m0/s1. The number of rotatable bonds is 2. The molecule has 0 fully saturated rings. The van der Waals surface area contributed by atoms with E-state index in [0.717, 1.165) is 5.56 Å². The van der Waals surface area contributed by atoms with Crippen LogP contribution in [0.25, 0.3) is 0 Å². The fraction of sp³-hybridized carbons (Fsp3) is 0.417. The molecule has 0 aliphatic carbocycles. The van der Waals surface area contributed by atoms with Gasteiger partial charge in [0.25, 0.3) is 0 Å². The first-order valence-electron chi connectivity index (χ1n) is 5.20. The minimum Gasteiger partial charge on any atom is -0.508 e. The van der Waals surface area contributed by atoms with Crippen LogP contribution in [0.5, 0.6) is 11.5 Å². The second kappa shape index (κ2) is 3.70. The number of ether oxygens (including phenoxy) is 2. The fourth-order valence-electron chi connectivity index (χ4n) is 1.98. The Morgan fingerprint density at radius 1 is 1.62 bits per heavy atom. The Morgan fingerprint density at radius 2 is 2.38 bits per heavy atom. The average Bonchev–Trinajstić information content (AvgIpc) is 2.67. The van der Waals surface area contributed by atoms with E-state index in [9.17, 15) is 9.90 Å². The molecule has 1 heterocycles. The molecule has 4 heteroatoms. The average molecular weight is 222 g/mol. The van der Waals surface area contributed by atoms with Gasteiger partial charge in [-0.15, -0.1) is 0 Å². The molecular weight excluding hydrogens is 208 g/mol. The number of benzene rings is 1. The summed E-state index contributed by atoms with van der Waals surface area (Å²) < 4.78 is 10.4. The Morgan fingerprint density at radius 3 is 3.00 bits per heavy atom. The summed E-state index contributed by atoms with van der Waals surface area (Å²) in [4.78, 5) is 11.7. The maximum Gasteiger partial charge on any atom is 0.350 e. The summed E-state index contributed by atoms with van der Waals surface area (Å²) in [5.41, 5.74) is -0.00437. The number of phenols is 1. The van der Waals surface area contributed by atoms with Gasteiger partial charge in [-0.25, -0.2) is 4.79 Å². The summed E-state index contributed by atoms with van der Waals surface area (Å²) in [5, 5.41) is 9.34. The molecule has 0 saturated heterocycles. The number of esters is 1. The molecule has 1 aromatic rings. The number of methoxy groups -OCH3 is 1. The van der Waals surface area contributed by atoms with Crippen LogP contribution in [0.4, 0.5) is 0 Å². The zero-order valence-electron chi connectivity index (χ0n) is 9.32. The summed E-state index contributed by atoms with van der Waals surface area (Å²) in [6, 6.07) is 4.88. The van der Waals surface area contributed by atoms with Crippen LogP contribution in [0, 0.1) is 0 Å². The highest BCUT2D eigenvalue weighted by Gasteiger charge is 2.45. The molecule has 0 bridgehead atoms. The first-order valence-corrected chi connectivity index (χ1v) is 5.20. The Labute approximate surface area is 93.8 Å². The first-order chi connectivity index (χ1) is 7.61. The highest BCUT2D eigenvalue weighted by atomic mass is 16.6. The van der Waals surface area contributed by atoms with Crippen molar-refractivity contribution < 1.29 is 19.4 Å². The van der Waals surface area contributed by atoms with E-state index in [-0.39, 0.29) is 11.7 Å². The van der Waals surface area contributed by atoms with Crippen LogP contribution in [0.1, 0.15) is 18.9 Å². The number of carbonyl (C=O) groups excluding carboxylic acids is 1. The van der Waals surface area contributed by atoms with Gasteiger partial charge in [-0.05, 0) is 18.1 Å². The number of aromatic hydroxyl groups is 1. The van der Waals surface area contributed by atoms with Crippen LogP contribution in [0.3, 0.4) is 0 Å². The summed E-state index contributed by atoms with van der Waals surface area (Å²) in [6.45, 7) is 1.88. The molecule has 0 radical (unpaired) electrons. The topological polar surface area (TPSA) is 55.8 Å². The first kappa shape index (κ1) is 10.8. The molecule has 1 aromatic carbocycles. The van der Waals surface area contributed by atoms with Crippen LogP contribution in [0.2, 0.25) is 0 Å². The molecule has 1 N–H and O–H groups in total. The normalized spacial score (nSPS) is 22.4. The third-order valence-electron chi connectivity index (χ3n) is 2.96. The number of phenolic OH excluding ortho intramolecular Hbond substituents is 1. The Balaban J connectivity index is 2.35. The van der Waals surface area contributed by atoms with Gasteiger partial charge in [0.1, 0.15) is 11.5 Å². The highest BCUT2D eigenvalue weighted by molar-refractivity contribution is 5.81. The van der Waals surface area contributed by atoms with E-state index in [1.165, 1.54) is 13.2 Å². The fourth-order valence-corrected chi connectivity index (χ4v) is 1.98. The van der Waals surface area contributed by atoms with Crippen molar-refractivity contribution in [2.45, 2.75) is 25.4 Å². The second-order valence-corrected chi connectivity index (χ2v) is 3.91. The van der Waals surface area contributed by atoms with Gasteiger partial charge in [-0.3, -0.25) is 0 Å². The smallest absolute Gasteiger partial charge is 0.350 e. The number of hydrogen-bond acceptors (Lipinski definition) is 4. The molecule has 1 aliphatic heterocycles. The van der Waals surface area contributed by atoms with Gasteiger partial charge in [-0.2, -0.15) is 0 Å². The molecule has 0 saturated carbocycles. The molecule has 0 amide bonds. The number of hydrogen-bond donors (Lipinski definition) is 1. The van der Waals surface area contributed by atoms with E-state index in [1.807, 2.05) is 6.92 Å². The van der Waals surface area contributed by atoms with Crippen molar-refractivity contribution in [2.24, 2.45) is 0 Å². The minimum absolute atomic E-state index is 0.135. The van der Waals surface area contributed by atoms with E-state index in [0.29, 0.717) is 18.6 Å². The van der Waals surface area contributed by atoms with Crippen molar-refractivity contribution in [3.8, 4) is 11.5 Å². The second-order valence-electron chi connectivity index (χ2n) is 3.91. The largest absolute Gasteiger partial charge is 0.508 e. The number of fused-ring (bicyclic) bond motifs is 1. The Kier molecular flexibility index (Phi) is 2.50. The highest BCUT2D eigenvalue weighted by Crippen LogP contribution is 2.39. The van der Waals surface area contributed by atoms with Crippen molar-refractivity contribution in [2.75, 3.05) is 7.11 Å². The van der Waals surface area contributed by atoms with Gasteiger partial charge in [0.2, 0.25) is 5.60 Å². The predicted molar refractivity (Wildman–Crippen MR) is 57.5 cm³/mol. The van der Waals surface area contributed by atoms with Crippen LogP contribution < -0.4 is 4.74 Å². The van der Waals surface area contributed by atoms with Crippen molar-refractivity contribution >= 4 is 5.97 Å². The molecule has 2 rings (SSSR count). The molecule has 0 spiro atoms.